The zero-order chi connectivity index (χ0) is 10.1. The van der Waals surface area contributed by atoms with Gasteiger partial charge in [0.05, 0.1) is 13.2 Å². The predicted molar refractivity (Wildman–Crippen MR) is 46.6 cm³/mol. The monoisotopic (exact) mass is 202 g/mol. The fourth-order valence-electron chi connectivity index (χ4n) is 1.62. The van der Waals surface area contributed by atoms with Crippen LogP contribution in [0.5, 0.6) is 0 Å². The minimum atomic E-state index is -0.756. The van der Waals surface area contributed by atoms with Gasteiger partial charge in [-0.05, 0) is 0 Å². The van der Waals surface area contributed by atoms with Gasteiger partial charge in [0.15, 0.2) is 6.29 Å². The average molecular weight is 202 g/mol. The van der Waals surface area contributed by atoms with Crippen LogP contribution in [0.15, 0.2) is 12.7 Å². The molecule has 2 aliphatic rings. The van der Waals surface area contributed by atoms with Crippen molar-refractivity contribution in [2.24, 2.45) is 0 Å². The Morgan fingerprint density at radius 3 is 2.79 bits per heavy atom. The first-order valence-electron chi connectivity index (χ1n) is 4.60. The lowest BCUT2D eigenvalue weighted by molar-refractivity contribution is -0.214. The van der Waals surface area contributed by atoms with Crippen molar-refractivity contribution >= 4 is 0 Å². The van der Waals surface area contributed by atoms with Gasteiger partial charge in [-0.25, -0.2) is 0 Å². The number of ether oxygens (including phenoxy) is 3. The summed E-state index contributed by atoms with van der Waals surface area (Å²) in [6.45, 7) is 3.65. The molecule has 2 aliphatic heterocycles. The van der Waals surface area contributed by atoms with Gasteiger partial charge in [0.2, 0.25) is 0 Å². The lowest BCUT2D eigenvalue weighted by atomic mass is 10.1. The maximum atomic E-state index is 9.54. The molecule has 0 saturated carbocycles. The second-order valence-corrected chi connectivity index (χ2v) is 3.40. The van der Waals surface area contributed by atoms with Gasteiger partial charge in [0.25, 0.3) is 0 Å². The van der Waals surface area contributed by atoms with Gasteiger partial charge >= 0.3 is 0 Å². The van der Waals surface area contributed by atoms with Crippen molar-refractivity contribution < 1.29 is 24.4 Å². The molecule has 2 fully saturated rings. The van der Waals surface area contributed by atoms with Crippen molar-refractivity contribution in [2.75, 3.05) is 13.2 Å². The number of hydrogen-bond donors (Lipinski definition) is 2. The molecule has 14 heavy (non-hydrogen) atoms. The molecule has 0 aromatic carbocycles. The van der Waals surface area contributed by atoms with Crippen LogP contribution in [0.4, 0.5) is 0 Å². The molecule has 0 spiro atoms. The van der Waals surface area contributed by atoms with Crippen molar-refractivity contribution in [1.82, 2.24) is 0 Å². The van der Waals surface area contributed by atoms with Crippen LogP contribution in [-0.4, -0.2) is 54.1 Å². The van der Waals surface area contributed by atoms with Gasteiger partial charge in [-0.15, -0.1) is 6.58 Å². The van der Waals surface area contributed by atoms with E-state index in [-0.39, 0.29) is 18.8 Å². The standard InChI is InChI=1S/C9H14O5/c1-2-3-12-9-8-7(14-8)6(11)5(4-10)13-9/h2,5-11H,1,3-4H2. The molecule has 2 heterocycles. The summed E-state index contributed by atoms with van der Waals surface area (Å²) in [5, 5.41) is 18.5. The van der Waals surface area contributed by atoms with E-state index in [2.05, 4.69) is 6.58 Å². The van der Waals surface area contributed by atoms with Crippen LogP contribution in [0.3, 0.4) is 0 Å². The van der Waals surface area contributed by atoms with E-state index in [0.717, 1.165) is 0 Å². The fourth-order valence-corrected chi connectivity index (χ4v) is 1.62. The third kappa shape index (κ3) is 1.69. The quantitative estimate of drug-likeness (QED) is 0.453. The van der Waals surface area contributed by atoms with E-state index in [9.17, 15) is 5.11 Å². The molecule has 5 unspecified atom stereocenters. The molecule has 2 saturated heterocycles. The van der Waals surface area contributed by atoms with E-state index in [0.29, 0.717) is 6.61 Å². The maximum Gasteiger partial charge on any atom is 0.187 e. The second kappa shape index (κ2) is 3.96. The van der Waals surface area contributed by atoms with Gasteiger partial charge in [-0.3, -0.25) is 0 Å². The third-order valence-electron chi connectivity index (χ3n) is 2.41. The van der Waals surface area contributed by atoms with E-state index in [1.165, 1.54) is 0 Å². The SMILES string of the molecule is C=CCOC1OC(CO)C(O)C2OC12. The normalized spacial score (nSPS) is 45.7. The lowest BCUT2D eigenvalue weighted by Crippen LogP contribution is -2.47. The van der Waals surface area contributed by atoms with Crippen molar-refractivity contribution in [3.8, 4) is 0 Å². The van der Waals surface area contributed by atoms with E-state index < -0.39 is 18.5 Å². The molecule has 0 aromatic heterocycles. The van der Waals surface area contributed by atoms with Gasteiger partial charge in [-0.2, -0.15) is 0 Å². The van der Waals surface area contributed by atoms with E-state index in [1.807, 2.05) is 0 Å². The summed E-state index contributed by atoms with van der Waals surface area (Å²) in [5.41, 5.74) is 0. The molecule has 5 atom stereocenters. The summed E-state index contributed by atoms with van der Waals surface area (Å²) in [5.74, 6) is 0. The highest BCUT2D eigenvalue weighted by molar-refractivity contribution is 5.00. The minimum Gasteiger partial charge on any atom is -0.394 e. The van der Waals surface area contributed by atoms with Crippen LogP contribution in [-0.2, 0) is 14.2 Å². The molecule has 5 heteroatoms. The van der Waals surface area contributed by atoms with Crippen LogP contribution in [0.25, 0.3) is 0 Å². The zero-order valence-corrected chi connectivity index (χ0v) is 7.70. The highest BCUT2D eigenvalue weighted by atomic mass is 16.7. The minimum absolute atomic E-state index is 0.201. The van der Waals surface area contributed by atoms with Crippen LogP contribution < -0.4 is 0 Å². The third-order valence-corrected chi connectivity index (χ3v) is 2.41. The topological polar surface area (TPSA) is 71.5 Å². The Balaban J connectivity index is 1.91. The largest absolute Gasteiger partial charge is 0.394 e. The molecule has 5 nitrogen and oxygen atoms in total. The number of hydrogen-bond acceptors (Lipinski definition) is 5. The van der Waals surface area contributed by atoms with E-state index >= 15 is 0 Å². The Bertz CT molecular complexity index is 219. The van der Waals surface area contributed by atoms with Crippen LogP contribution in [0.1, 0.15) is 0 Å². The number of fused-ring (bicyclic) bond motifs is 1. The van der Waals surface area contributed by atoms with Crippen molar-refractivity contribution in [3.63, 3.8) is 0 Å². The number of epoxide rings is 1. The average Bonchev–Trinajstić information content (AvgIpc) is 2.97. The molecule has 0 amide bonds. The number of rotatable bonds is 4. The maximum absolute atomic E-state index is 9.54. The number of aliphatic hydroxyl groups is 2. The van der Waals surface area contributed by atoms with Gasteiger partial charge < -0.3 is 24.4 Å². The van der Waals surface area contributed by atoms with Gasteiger partial charge in [0.1, 0.15) is 24.4 Å². The first kappa shape index (κ1) is 10.1. The Morgan fingerprint density at radius 1 is 1.36 bits per heavy atom. The summed E-state index contributed by atoms with van der Waals surface area (Å²) in [4.78, 5) is 0. The first-order chi connectivity index (χ1) is 6.77. The van der Waals surface area contributed by atoms with Crippen molar-refractivity contribution in [3.05, 3.63) is 12.7 Å². The summed E-state index contributed by atoms with van der Waals surface area (Å²) in [7, 11) is 0. The van der Waals surface area contributed by atoms with Crippen LogP contribution in [0, 0.1) is 0 Å². The Kier molecular flexibility index (Phi) is 2.85. The number of aliphatic hydroxyl groups excluding tert-OH is 2. The molecule has 2 rings (SSSR count). The molecule has 0 radical (unpaired) electrons. The lowest BCUT2D eigenvalue weighted by Gasteiger charge is -2.29. The first-order valence-corrected chi connectivity index (χ1v) is 4.60. The molecule has 0 bridgehead atoms. The molecular formula is C9H14O5. The summed E-state index contributed by atoms with van der Waals surface area (Å²) in [6.07, 6.45) is -0.719. The summed E-state index contributed by atoms with van der Waals surface area (Å²) < 4.78 is 15.8. The highest BCUT2D eigenvalue weighted by Gasteiger charge is 2.57. The van der Waals surface area contributed by atoms with Crippen LogP contribution >= 0.6 is 0 Å². The zero-order valence-electron chi connectivity index (χ0n) is 7.70. The fraction of sp³-hybridized carbons (Fsp3) is 0.778. The summed E-state index contributed by atoms with van der Waals surface area (Å²) in [6, 6.07) is 0. The molecule has 80 valence electrons. The van der Waals surface area contributed by atoms with E-state index in [1.54, 1.807) is 6.08 Å². The highest BCUT2D eigenvalue weighted by Crippen LogP contribution is 2.37. The predicted octanol–water partition coefficient (Wildman–Crippen LogP) is -0.966. The Hall–Kier alpha value is -0.460. The van der Waals surface area contributed by atoms with Gasteiger partial charge in [-0.1, -0.05) is 6.08 Å². The molecule has 0 aliphatic carbocycles. The van der Waals surface area contributed by atoms with Crippen molar-refractivity contribution in [1.29, 1.82) is 0 Å². The summed E-state index contributed by atoms with van der Waals surface area (Å²) >= 11 is 0. The smallest absolute Gasteiger partial charge is 0.187 e. The molecular weight excluding hydrogens is 188 g/mol. The van der Waals surface area contributed by atoms with E-state index in [4.69, 9.17) is 19.3 Å². The Labute approximate surface area is 81.9 Å². The Morgan fingerprint density at radius 2 is 2.14 bits per heavy atom. The molecule has 0 aromatic rings. The second-order valence-electron chi connectivity index (χ2n) is 3.40. The van der Waals surface area contributed by atoms with Crippen LogP contribution in [0.2, 0.25) is 0 Å². The van der Waals surface area contributed by atoms with Crippen molar-refractivity contribution in [2.45, 2.75) is 30.7 Å². The van der Waals surface area contributed by atoms with Gasteiger partial charge in [0, 0.05) is 0 Å². The molecule has 2 N–H and O–H groups in total.